The summed E-state index contributed by atoms with van der Waals surface area (Å²) >= 11 is 0. The molecule has 0 bridgehead atoms. The molecule has 0 saturated heterocycles. The number of pyridine rings is 1. The normalized spacial score (nSPS) is 12.4. The van der Waals surface area contributed by atoms with E-state index in [-0.39, 0.29) is 11.9 Å². The van der Waals surface area contributed by atoms with Gasteiger partial charge in [-0.1, -0.05) is 13.0 Å². The molecule has 0 aliphatic carbocycles. The van der Waals surface area contributed by atoms with Crippen LogP contribution in [0.1, 0.15) is 41.0 Å². The van der Waals surface area contributed by atoms with Crippen molar-refractivity contribution in [1.29, 1.82) is 0 Å². The Bertz CT molecular complexity index is 602. The summed E-state index contributed by atoms with van der Waals surface area (Å²) in [6.45, 7) is 9.01. The number of nitrogens with zero attached hydrogens (tertiary/aromatic N) is 1. The van der Waals surface area contributed by atoms with Crippen LogP contribution in [-0.2, 0) is 6.42 Å². The molecule has 1 N–H and O–H groups in total. The first kappa shape index (κ1) is 15.6. The molecular formula is C18H23FN2. The molecule has 1 aromatic heterocycles. The summed E-state index contributed by atoms with van der Waals surface area (Å²) in [6.07, 6.45) is 0.778. The van der Waals surface area contributed by atoms with Gasteiger partial charge in [0, 0.05) is 17.4 Å². The summed E-state index contributed by atoms with van der Waals surface area (Å²) in [5, 5.41) is 3.50. The minimum absolute atomic E-state index is 0.173. The van der Waals surface area contributed by atoms with Crippen LogP contribution in [0.25, 0.3) is 0 Å². The van der Waals surface area contributed by atoms with Gasteiger partial charge in [0.15, 0.2) is 0 Å². The van der Waals surface area contributed by atoms with Gasteiger partial charge in [0.05, 0.1) is 0 Å². The van der Waals surface area contributed by atoms with E-state index in [4.69, 9.17) is 0 Å². The van der Waals surface area contributed by atoms with Crippen molar-refractivity contribution >= 4 is 0 Å². The number of benzene rings is 1. The molecule has 0 amide bonds. The highest BCUT2D eigenvalue weighted by Gasteiger charge is 2.14. The molecule has 2 aromatic rings. The maximum absolute atomic E-state index is 13.5. The largest absolute Gasteiger partial charge is 0.310 e. The molecule has 0 radical (unpaired) electrons. The van der Waals surface area contributed by atoms with Crippen molar-refractivity contribution < 1.29 is 4.39 Å². The fourth-order valence-corrected chi connectivity index (χ4v) is 2.70. The summed E-state index contributed by atoms with van der Waals surface area (Å²) in [4.78, 5) is 4.43. The lowest BCUT2D eigenvalue weighted by atomic mass is 9.95. The molecule has 0 saturated carbocycles. The van der Waals surface area contributed by atoms with Gasteiger partial charge in [0.25, 0.3) is 0 Å². The zero-order valence-electron chi connectivity index (χ0n) is 13.2. The quantitative estimate of drug-likeness (QED) is 0.897. The molecule has 0 aliphatic heterocycles. The highest BCUT2D eigenvalue weighted by molar-refractivity contribution is 5.31. The maximum Gasteiger partial charge on any atom is 0.123 e. The first-order chi connectivity index (χ1) is 9.99. The number of halogens is 1. The topological polar surface area (TPSA) is 24.9 Å². The monoisotopic (exact) mass is 286 g/mol. The van der Waals surface area contributed by atoms with Crippen molar-refractivity contribution in [2.45, 2.75) is 40.2 Å². The van der Waals surface area contributed by atoms with Crippen LogP contribution in [0.5, 0.6) is 0 Å². The van der Waals surface area contributed by atoms with Gasteiger partial charge in [-0.15, -0.1) is 0 Å². The molecular weight excluding hydrogens is 263 g/mol. The van der Waals surface area contributed by atoms with Crippen LogP contribution < -0.4 is 5.32 Å². The van der Waals surface area contributed by atoms with E-state index in [0.717, 1.165) is 35.5 Å². The van der Waals surface area contributed by atoms with Crippen molar-refractivity contribution in [3.05, 3.63) is 64.2 Å². The maximum atomic E-state index is 13.5. The molecule has 0 aliphatic rings. The number of aryl methyl sites for hydroxylation is 3. The average molecular weight is 286 g/mol. The van der Waals surface area contributed by atoms with Gasteiger partial charge in [-0.3, -0.25) is 4.98 Å². The van der Waals surface area contributed by atoms with Gasteiger partial charge in [0.2, 0.25) is 0 Å². The zero-order valence-corrected chi connectivity index (χ0v) is 13.2. The number of rotatable bonds is 5. The Morgan fingerprint density at radius 3 is 2.38 bits per heavy atom. The summed E-state index contributed by atoms with van der Waals surface area (Å²) in [5.41, 5.74) is 5.42. The van der Waals surface area contributed by atoms with E-state index in [0.29, 0.717) is 0 Å². The van der Waals surface area contributed by atoms with E-state index >= 15 is 0 Å². The minimum atomic E-state index is -0.173. The highest BCUT2D eigenvalue weighted by Crippen LogP contribution is 2.22. The predicted octanol–water partition coefficient (Wildman–Crippen LogP) is 4.04. The Morgan fingerprint density at radius 2 is 1.76 bits per heavy atom. The zero-order chi connectivity index (χ0) is 15.4. The summed E-state index contributed by atoms with van der Waals surface area (Å²) < 4.78 is 13.5. The van der Waals surface area contributed by atoms with Gasteiger partial charge >= 0.3 is 0 Å². The van der Waals surface area contributed by atoms with Crippen LogP contribution in [0.3, 0.4) is 0 Å². The third kappa shape index (κ3) is 4.11. The van der Waals surface area contributed by atoms with E-state index in [1.807, 2.05) is 26.8 Å². The van der Waals surface area contributed by atoms with Gasteiger partial charge in [-0.25, -0.2) is 4.39 Å². The number of nitrogens with one attached hydrogen (secondary N) is 1. The van der Waals surface area contributed by atoms with E-state index < -0.39 is 0 Å². The Labute approximate surface area is 126 Å². The molecule has 2 rings (SSSR count). The summed E-state index contributed by atoms with van der Waals surface area (Å²) in [6, 6.07) is 9.39. The second-order valence-corrected chi connectivity index (χ2v) is 5.57. The molecule has 3 heteroatoms. The fourth-order valence-electron chi connectivity index (χ4n) is 2.70. The molecule has 1 unspecified atom stereocenters. The molecule has 1 aromatic carbocycles. The number of hydrogen-bond acceptors (Lipinski definition) is 2. The van der Waals surface area contributed by atoms with Crippen LogP contribution in [0.15, 0.2) is 30.3 Å². The molecule has 1 atom stereocenters. The van der Waals surface area contributed by atoms with Crippen molar-refractivity contribution in [2.24, 2.45) is 0 Å². The van der Waals surface area contributed by atoms with Crippen LogP contribution in [0.4, 0.5) is 4.39 Å². The smallest absolute Gasteiger partial charge is 0.123 e. The Morgan fingerprint density at radius 1 is 1.10 bits per heavy atom. The third-order valence-corrected chi connectivity index (χ3v) is 3.69. The molecule has 0 fully saturated rings. The van der Waals surface area contributed by atoms with E-state index in [9.17, 15) is 4.39 Å². The lowest BCUT2D eigenvalue weighted by molar-refractivity contribution is 0.544. The lowest BCUT2D eigenvalue weighted by Crippen LogP contribution is -2.23. The Hall–Kier alpha value is -1.74. The Balaban J connectivity index is 2.32. The summed E-state index contributed by atoms with van der Waals surface area (Å²) in [7, 11) is 0. The van der Waals surface area contributed by atoms with Crippen LogP contribution in [0, 0.1) is 26.6 Å². The SMILES string of the molecule is CCNC(Cc1cc(F)ccc1C)c1cc(C)nc(C)c1. The fraction of sp³-hybridized carbons (Fsp3) is 0.389. The third-order valence-electron chi connectivity index (χ3n) is 3.69. The van der Waals surface area contributed by atoms with E-state index in [2.05, 4.69) is 29.4 Å². The van der Waals surface area contributed by atoms with Crippen molar-refractivity contribution in [3.8, 4) is 0 Å². The van der Waals surface area contributed by atoms with Crippen LogP contribution in [0.2, 0.25) is 0 Å². The van der Waals surface area contributed by atoms with Gasteiger partial charge in [0.1, 0.15) is 5.82 Å². The van der Waals surface area contributed by atoms with Gasteiger partial charge in [-0.05, 0) is 74.7 Å². The first-order valence-electron chi connectivity index (χ1n) is 7.43. The molecule has 112 valence electrons. The predicted molar refractivity (Wildman–Crippen MR) is 85.0 cm³/mol. The first-order valence-corrected chi connectivity index (χ1v) is 7.43. The van der Waals surface area contributed by atoms with Crippen LogP contribution in [-0.4, -0.2) is 11.5 Å². The van der Waals surface area contributed by atoms with Crippen molar-refractivity contribution in [1.82, 2.24) is 10.3 Å². The van der Waals surface area contributed by atoms with Crippen molar-refractivity contribution in [3.63, 3.8) is 0 Å². The number of hydrogen-bond donors (Lipinski definition) is 1. The van der Waals surface area contributed by atoms with E-state index in [1.54, 1.807) is 6.07 Å². The standard InChI is InChI=1S/C18H23FN2/c1-5-20-18(16-8-13(3)21-14(4)9-16)11-15-10-17(19)7-6-12(15)2/h6-10,18,20H,5,11H2,1-4H3. The minimum Gasteiger partial charge on any atom is -0.310 e. The molecule has 1 heterocycles. The molecule has 21 heavy (non-hydrogen) atoms. The van der Waals surface area contributed by atoms with Gasteiger partial charge < -0.3 is 5.32 Å². The lowest BCUT2D eigenvalue weighted by Gasteiger charge is -2.20. The second kappa shape index (κ2) is 6.81. The second-order valence-electron chi connectivity index (χ2n) is 5.57. The highest BCUT2D eigenvalue weighted by atomic mass is 19.1. The average Bonchev–Trinajstić information content (AvgIpc) is 2.41. The summed E-state index contributed by atoms with van der Waals surface area (Å²) in [5.74, 6) is -0.173. The van der Waals surface area contributed by atoms with Gasteiger partial charge in [-0.2, -0.15) is 0 Å². The van der Waals surface area contributed by atoms with Crippen molar-refractivity contribution in [2.75, 3.05) is 6.54 Å². The van der Waals surface area contributed by atoms with E-state index in [1.165, 1.54) is 11.6 Å². The Kier molecular flexibility index (Phi) is 5.07. The molecule has 0 spiro atoms. The molecule has 2 nitrogen and oxygen atoms in total. The number of aromatic nitrogens is 1. The van der Waals surface area contributed by atoms with Crippen LogP contribution >= 0.6 is 0 Å². The number of likely N-dealkylation sites (N-methyl/N-ethyl adjacent to an activating group) is 1.